The first kappa shape index (κ1) is 18.7. The monoisotopic (exact) mass is 351 g/mol. The zero-order chi connectivity index (χ0) is 17.2. The number of carboxylic acids is 1. The second-order valence-corrected chi connectivity index (χ2v) is 6.99. The number of rotatable bonds is 10. The summed E-state index contributed by atoms with van der Waals surface area (Å²) in [6.07, 6.45) is 7.42. The normalized spacial score (nSPS) is 17.8. The molecule has 2 heterocycles. The number of amides is 1. The third-order valence-corrected chi connectivity index (χ3v) is 5.02. The Labute approximate surface area is 147 Å². The average Bonchev–Trinajstić information content (AvgIpc) is 3.03. The number of carbonyl (C=O) groups is 2. The zero-order valence-corrected chi connectivity index (χ0v) is 14.6. The van der Waals surface area contributed by atoms with Crippen LogP contribution in [0, 0.1) is 0 Å². The summed E-state index contributed by atoms with van der Waals surface area (Å²) in [6.45, 7) is 2.52. The minimum atomic E-state index is -0.819. The van der Waals surface area contributed by atoms with Gasteiger partial charge in [-0.3, -0.25) is 19.5 Å². The van der Waals surface area contributed by atoms with Crippen LogP contribution in [-0.2, 0) is 9.59 Å². The van der Waals surface area contributed by atoms with E-state index in [4.69, 9.17) is 5.11 Å². The molecule has 0 unspecified atom stereocenters. The van der Waals surface area contributed by atoms with Crippen LogP contribution >= 0.6 is 11.8 Å². The summed E-state index contributed by atoms with van der Waals surface area (Å²) >= 11 is 1.32. The highest BCUT2D eigenvalue weighted by Gasteiger charge is 2.25. The highest BCUT2D eigenvalue weighted by Crippen LogP contribution is 2.31. The second kappa shape index (κ2) is 10.3. The smallest absolute Gasteiger partial charge is 0.313 e. The summed E-state index contributed by atoms with van der Waals surface area (Å²) in [6, 6.07) is 4.52. The van der Waals surface area contributed by atoms with Gasteiger partial charge in [0, 0.05) is 37.2 Å². The number of aromatic nitrogens is 1. The minimum Gasteiger partial charge on any atom is -0.481 e. The molecule has 0 aliphatic carbocycles. The first-order valence-electron chi connectivity index (χ1n) is 8.37. The van der Waals surface area contributed by atoms with Gasteiger partial charge in [-0.25, -0.2) is 0 Å². The molecular weight excluding hydrogens is 326 g/mol. The molecule has 2 N–H and O–H groups in total. The van der Waals surface area contributed by atoms with Crippen molar-refractivity contribution in [1.82, 2.24) is 15.2 Å². The number of likely N-dealkylation sites (tertiary alicyclic amines) is 1. The number of aliphatic carboxylic acids is 1. The van der Waals surface area contributed by atoms with Gasteiger partial charge in [0.05, 0.1) is 5.75 Å². The van der Waals surface area contributed by atoms with E-state index in [1.54, 1.807) is 6.20 Å². The quantitative estimate of drug-likeness (QED) is 0.627. The van der Waals surface area contributed by atoms with E-state index in [0.29, 0.717) is 24.8 Å². The van der Waals surface area contributed by atoms with Crippen LogP contribution in [0.15, 0.2) is 24.5 Å². The average molecular weight is 351 g/mol. The topological polar surface area (TPSA) is 82.5 Å². The molecule has 0 bridgehead atoms. The van der Waals surface area contributed by atoms with Crippen molar-refractivity contribution in [3.63, 3.8) is 0 Å². The van der Waals surface area contributed by atoms with Crippen LogP contribution in [0.5, 0.6) is 0 Å². The number of hydrogen-bond donors (Lipinski definition) is 2. The number of nitrogens with one attached hydrogen (secondary N) is 1. The zero-order valence-electron chi connectivity index (χ0n) is 13.8. The van der Waals surface area contributed by atoms with Crippen LogP contribution in [0.25, 0.3) is 0 Å². The number of hydrogen-bond acceptors (Lipinski definition) is 5. The van der Waals surface area contributed by atoms with E-state index in [2.05, 4.69) is 21.3 Å². The molecule has 7 heteroatoms. The van der Waals surface area contributed by atoms with Gasteiger partial charge in [-0.1, -0.05) is 6.07 Å². The van der Waals surface area contributed by atoms with Gasteiger partial charge in [0.25, 0.3) is 0 Å². The molecule has 0 saturated carbocycles. The van der Waals surface area contributed by atoms with Gasteiger partial charge < -0.3 is 10.4 Å². The molecule has 1 saturated heterocycles. The summed E-state index contributed by atoms with van der Waals surface area (Å²) in [7, 11) is 0. The van der Waals surface area contributed by atoms with Gasteiger partial charge in [0.2, 0.25) is 5.91 Å². The molecular formula is C17H25N3O3S. The lowest BCUT2D eigenvalue weighted by Crippen LogP contribution is -2.28. The summed E-state index contributed by atoms with van der Waals surface area (Å²) in [5.74, 6) is -0.0588. The van der Waals surface area contributed by atoms with Crippen molar-refractivity contribution < 1.29 is 14.7 Å². The van der Waals surface area contributed by atoms with Crippen molar-refractivity contribution in [2.45, 2.75) is 31.7 Å². The minimum absolute atomic E-state index is 0.0445. The molecule has 0 radical (unpaired) electrons. The highest BCUT2D eigenvalue weighted by atomic mass is 32.2. The maximum absolute atomic E-state index is 11.8. The van der Waals surface area contributed by atoms with E-state index in [0.717, 1.165) is 25.9 Å². The summed E-state index contributed by atoms with van der Waals surface area (Å²) in [5, 5.41) is 11.4. The van der Waals surface area contributed by atoms with E-state index in [1.165, 1.54) is 23.7 Å². The van der Waals surface area contributed by atoms with Crippen molar-refractivity contribution in [1.29, 1.82) is 0 Å². The standard InChI is InChI=1S/C17H25N3O3S/c21-16(19-8-11-24-13-17(22)23)6-3-10-20-9-2-5-15(20)14-4-1-7-18-12-14/h1,4,7,12,15H,2-3,5-6,8-11,13H2,(H,19,21)(H,22,23)/t15-/m0/s1. The molecule has 0 spiro atoms. The molecule has 0 aromatic carbocycles. The first-order valence-corrected chi connectivity index (χ1v) is 9.52. The molecule has 1 atom stereocenters. The van der Waals surface area contributed by atoms with Gasteiger partial charge in [0.1, 0.15) is 0 Å². The van der Waals surface area contributed by atoms with Gasteiger partial charge in [-0.15, -0.1) is 11.8 Å². The number of nitrogens with zero attached hydrogens (tertiary/aromatic N) is 2. The molecule has 132 valence electrons. The van der Waals surface area contributed by atoms with Crippen LogP contribution in [0.3, 0.4) is 0 Å². The third kappa shape index (κ3) is 6.49. The van der Waals surface area contributed by atoms with Crippen LogP contribution in [0.1, 0.15) is 37.3 Å². The maximum Gasteiger partial charge on any atom is 0.313 e. The van der Waals surface area contributed by atoms with E-state index in [9.17, 15) is 9.59 Å². The van der Waals surface area contributed by atoms with E-state index >= 15 is 0 Å². The SMILES string of the molecule is O=C(O)CSCCNC(=O)CCCN1CCC[C@H]1c1cccnc1. The predicted molar refractivity (Wildman–Crippen MR) is 95.0 cm³/mol. The highest BCUT2D eigenvalue weighted by molar-refractivity contribution is 7.99. The Bertz CT molecular complexity index is 527. The lowest BCUT2D eigenvalue weighted by Gasteiger charge is -2.24. The van der Waals surface area contributed by atoms with Crippen molar-refractivity contribution >= 4 is 23.6 Å². The van der Waals surface area contributed by atoms with Gasteiger partial charge >= 0.3 is 5.97 Å². The van der Waals surface area contributed by atoms with Crippen LogP contribution in [-0.4, -0.2) is 58.0 Å². The van der Waals surface area contributed by atoms with Crippen LogP contribution in [0.4, 0.5) is 0 Å². The Balaban J connectivity index is 1.61. The van der Waals surface area contributed by atoms with E-state index < -0.39 is 5.97 Å². The molecule has 2 rings (SSSR count). The molecule has 24 heavy (non-hydrogen) atoms. The lowest BCUT2D eigenvalue weighted by atomic mass is 10.1. The number of carbonyl (C=O) groups excluding carboxylic acids is 1. The third-order valence-electron chi connectivity index (χ3n) is 4.08. The van der Waals surface area contributed by atoms with Crippen molar-refractivity contribution in [3.8, 4) is 0 Å². The molecule has 1 amide bonds. The lowest BCUT2D eigenvalue weighted by molar-refractivity contribution is -0.133. The van der Waals surface area contributed by atoms with Gasteiger partial charge in [-0.2, -0.15) is 0 Å². The summed E-state index contributed by atoms with van der Waals surface area (Å²) < 4.78 is 0. The van der Waals surface area contributed by atoms with Crippen molar-refractivity contribution in [3.05, 3.63) is 30.1 Å². The number of pyridine rings is 1. The Morgan fingerprint density at radius 2 is 2.33 bits per heavy atom. The second-order valence-electron chi connectivity index (χ2n) is 5.88. The van der Waals surface area contributed by atoms with Gasteiger partial charge in [0.15, 0.2) is 0 Å². The largest absolute Gasteiger partial charge is 0.481 e. The molecule has 1 aliphatic rings. The van der Waals surface area contributed by atoms with Crippen molar-refractivity contribution in [2.75, 3.05) is 31.1 Å². The number of carboxylic acid groups (broad SMARTS) is 1. The predicted octanol–water partition coefficient (Wildman–Crippen LogP) is 1.93. The van der Waals surface area contributed by atoms with Gasteiger partial charge in [-0.05, 0) is 44.0 Å². The fraction of sp³-hybridized carbons (Fsp3) is 0.588. The maximum atomic E-state index is 11.8. The fourth-order valence-corrected chi connectivity index (χ4v) is 3.56. The Morgan fingerprint density at radius 3 is 3.08 bits per heavy atom. The van der Waals surface area contributed by atoms with E-state index in [-0.39, 0.29) is 11.7 Å². The van der Waals surface area contributed by atoms with Crippen molar-refractivity contribution in [2.24, 2.45) is 0 Å². The Kier molecular flexibility index (Phi) is 8.04. The molecule has 1 aromatic rings. The van der Waals surface area contributed by atoms with Crippen LogP contribution < -0.4 is 5.32 Å². The summed E-state index contributed by atoms with van der Waals surface area (Å²) in [4.78, 5) is 28.8. The molecule has 1 aromatic heterocycles. The first-order chi connectivity index (χ1) is 11.7. The Morgan fingerprint density at radius 1 is 1.46 bits per heavy atom. The van der Waals surface area contributed by atoms with Crippen LogP contribution in [0.2, 0.25) is 0 Å². The molecule has 1 aliphatic heterocycles. The molecule has 6 nitrogen and oxygen atoms in total. The fourth-order valence-electron chi connectivity index (χ4n) is 3.00. The Hall–Kier alpha value is -1.60. The number of thioether (sulfide) groups is 1. The van der Waals surface area contributed by atoms with E-state index in [1.807, 2.05) is 12.3 Å². The summed E-state index contributed by atoms with van der Waals surface area (Å²) in [5.41, 5.74) is 1.26. The molecule has 1 fully saturated rings.